The van der Waals surface area contributed by atoms with Gasteiger partial charge < -0.3 is 5.32 Å². The second-order valence-electron chi connectivity index (χ2n) is 5.19. The molecular formula is C15H17Cl2F2N3O. The van der Waals surface area contributed by atoms with Crippen LogP contribution in [0.2, 0.25) is 0 Å². The normalized spacial score (nSPS) is 18.8. The number of pyridine rings is 1. The summed E-state index contributed by atoms with van der Waals surface area (Å²) in [6.45, 7) is -0.221. The Labute approximate surface area is 144 Å². The highest BCUT2D eigenvalue weighted by molar-refractivity contribution is 5.86. The fourth-order valence-electron chi connectivity index (χ4n) is 2.52. The van der Waals surface area contributed by atoms with E-state index in [9.17, 15) is 13.6 Å². The van der Waals surface area contributed by atoms with E-state index in [1.54, 1.807) is 6.20 Å². The minimum absolute atomic E-state index is 0. The van der Waals surface area contributed by atoms with Crippen LogP contribution in [0.3, 0.4) is 0 Å². The molecule has 0 radical (unpaired) electrons. The third kappa shape index (κ3) is 4.50. The first-order chi connectivity index (χ1) is 10.1. The van der Waals surface area contributed by atoms with Gasteiger partial charge in [0, 0.05) is 18.0 Å². The number of nitrogens with one attached hydrogen (secondary N) is 2. The molecule has 1 aromatic carbocycles. The summed E-state index contributed by atoms with van der Waals surface area (Å²) in [4.78, 5) is 16.2. The van der Waals surface area contributed by atoms with E-state index in [0.29, 0.717) is 0 Å². The number of hydrogen-bond acceptors (Lipinski definition) is 3. The van der Waals surface area contributed by atoms with Gasteiger partial charge >= 0.3 is 0 Å². The maximum atomic E-state index is 13.1. The number of carbonyl (C=O) groups is 1. The molecule has 0 bridgehead atoms. The molecule has 2 aromatic rings. The third-order valence-corrected chi connectivity index (χ3v) is 3.61. The van der Waals surface area contributed by atoms with Gasteiger partial charge in [-0.05, 0) is 11.5 Å². The fourth-order valence-corrected chi connectivity index (χ4v) is 2.52. The summed E-state index contributed by atoms with van der Waals surface area (Å²) in [6.07, 6.45) is 1.22. The molecule has 1 atom stereocenters. The van der Waals surface area contributed by atoms with Crippen molar-refractivity contribution in [2.45, 2.75) is 24.9 Å². The van der Waals surface area contributed by atoms with Crippen LogP contribution >= 0.6 is 24.8 Å². The minimum Gasteiger partial charge on any atom is -0.349 e. The average molecular weight is 364 g/mol. The fraction of sp³-hybridized carbons (Fsp3) is 0.333. The van der Waals surface area contributed by atoms with Crippen LogP contribution in [0.4, 0.5) is 8.78 Å². The van der Waals surface area contributed by atoms with Crippen molar-refractivity contribution in [1.29, 1.82) is 0 Å². The first-order valence-corrected chi connectivity index (χ1v) is 6.77. The lowest BCUT2D eigenvalue weighted by atomic mass is 10.1. The second-order valence-corrected chi connectivity index (χ2v) is 5.19. The van der Waals surface area contributed by atoms with Gasteiger partial charge in [-0.3, -0.25) is 15.1 Å². The molecule has 0 aliphatic carbocycles. The van der Waals surface area contributed by atoms with Crippen LogP contribution in [-0.2, 0) is 11.3 Å². The molecule has 2 heterocycles. The number of aromatic nitrogens is 1. The lowest BCUT2D eigenvalue weighted by Gasteiger charge is -2.12. The maximum absolute atomic E-state index is 13.1. The van der Waals surface area contributed by atoms with Gasteiger partial charge in [0.1, 0.15) is 0 Å². The van der Waals surface area contributed by atoms with E-state index in [0.717, 1.165) is 16.5 Å². The van der Waals surface area contributed by atoms with E-state index >= 15 is 0 Å². The number of benzene rings is 1. The molecule has 3 rings (SSSR count). The number of alkyl halides is 2. The van der Waals surface area contributed by atoms with Crippen molar-refractivity contribution in [3.05, 3.63) is 42.2 Å². The van der Waals surface area contributed by atoms with Gasteiger partial charge in [0.05, 0.1) is 24.8 Å². The summed E-state index contributed by atoms with van der Waals surface area (Å²) in [7, 11) is 0. The minimum atomic E-state index is -2.81. The van der Waals surface area contributed by atoms with Gasteiger partial charge in [0.15, 0.2) is 0 Å². The van der Waals surface area contributed by atoms with E-state index in [1.807, 2.05) is 30.3 Å². The van der Waals surface area contributed by atoms with Gasteiger partial charge in [-0.25, -0.2) is 8.78 Å². The number of fused-ring (bicyclic) bond motifs is 1. The number of hydrogen-bond donors (Lipinski definition) is 2. The van der Waals surface area contributed by atoms with Crippen LogP contribution in [0.5, 0.6) is 0 Å². The monoisotopic (exact) mass is 363 g/mol. The van der Waals surface area contributed by atoms with Crippen LogP contribution in [0, 0.1) is 0 Å². The molecule has 0 saturated carbocycles. The Morgan fingerprint density at radius 3 is 2.74 bits per heavy atom. The zero-order valence-corrected chi connectivity index (χ0v) is 13.7. The van der Waals surface area contributed by atoms with E-state index < -0.39 is 30.8 Å². The Morgan fingerprint density at radius 1 is 1.30 bits per heavy atom. The highest BCUT2D eigenvalue weighted by Gasteiger charge is 2.42. The SMILES string of the molecule is Cl.Cl.O=C(NCc1nccc2ccccc12)C1CC(F)(F)CN1. The smallest absolute Gasteiger partial charge is 0.262 e. The van der Waals surface area contributed by atoms with E-state index in [4.69, 9.17) is 0 Å². The molecule has 1 unspecified atom stereocenters. The van der Waals surface area contributed by atoms with Gasteiger partial charge in [0.25, 0.3) is 5.92 Å². The van der Waals surface area contributed by atoms with Crippen LogP contribution < -0.4 is 10.6 Å². The molecule has 4 nitrogen and oxygen atoms in total. The highest BCUT2D eigenvalue weighted by atomic mass is 35.5. The number of amides is 1. The van der Waals surface area contributed by atoms with Crippen LogP contribution in [-0.4, -0.2) is 29.4 Å². The van der Waals surface area contributed by atoms with Crippen molar-refractivity contribution >= 4 is 41.5 Å². The standard InChI is InChI=1S/C15H15F2N3O.2ClH/c16-15(17)7-12(20-9-15)14(21)19-8-13-11-4-2-1-3-10(11)5-6-18-13;;/h1-6,12,20H,7-9H2,(H,19,21);2*1H. The van der Waals surface area contributed by atoms with E-state index in [1.165, 1.54) is 0 Å². The van der Waals surface area contributed by atoms with Gasteiger partial charge in [-0.2, -0.15) is 0 Å². The first kappa shape index (κ1) is 19.5. The van der Waals surface area contributed by atoms with Crippen molar-refractivity contribution in [3.8, 4) is 0 Å². The van der Waals surface area contributed by atoms with Gasteiger partial charge in [-0.1, -0.05) is 24.3 Å². The zero-order chi connectivity index (χ0) is 14.9. The Bertz CT molecular complexity index is 679. The largest absolute Gasteiger partial charge is 0.349 e. The molecule has 2 N–H and O–H groups in total. The predicted molar refractivity (Wildman–Crippen MR) is 89.4 cm³/mol. The average Bonchev–Trinajstić information content (AvgIpc) is 2.85. The van der Waals surface area contributed by atoms with Crippen molar-refractivity contribution in [2.24, 2.45) is 0 Å². The summed E-state index contributed by atoms with van der Waals surface area (Å²) < 4.78 is 26.1. The molecule has 1 aromatic heterocycles. The van der Waals surface area contributed by atoms with E-state index in [2.05, 4.69) is 15.6 Å². The summed E-state index contributed by atoms with van der Waals surface area (Å²) in [5.41, 5.74) is 0.728. The molecule has 1 aliphatic heterocycles. The molecule has 1 amide bonds. The zero-order valence-electron chi connectivity index (χ0n) is 12.1. The van der Waals surface area contributed by atoms with Crippen LogP contribution in [0.25, 0.3) is 10.8 Å². The van der Waals surface area contributed by atoms with Crippen molar-refractivity contribution in [1.82, 2.24) is 15.6 Å². The lowest BCUT2D eigenvalue weighted by Crippen LogP contribution is -2.40. The van der Waals surface area contributed by atoms with Crippen molar-refractivity contribution in [2.75, 3.05) is 6.54 Å². The molecule has 1 aliphatic rings. The topological polar surface area (TPSA) is 54.0 Å². The third-order valence-electron chi connectivity index (χ3n) is 3.61. The quantitative estimate of drug-likeness (QED) is 0.881. The maximum Gasteiger partial charge on any atom is 0.262 e. The Balaban J connectivity index is 0.00000132. The highest BCUT2D eigenvalue weighted by Crippen LogP contribution is 2.25. The molecule has 0 spiro atoms. The van der Waals surface area contributed by atoms with Crippen LogP contribution in [0.1, 0.15) is 12.1 Å². The lowest BCUT2D eigenvalue weighted by molar-refractivity contribution is -0.123. The van der Waals surface area contributed by atoms with Gasteiger partial charge in [0.2, 0.25) is 5.91 Å². The molecule has 8 heteroatoms. The molecule has 23 heavy (non-hydrogen) atoms. The van der Waals surface area contributed by atoms with Crippen LogP contribution in [0.15, 0.2) is 36.5 Å². The summed E-state index contributed by atoms with van der Waals surface area (Å²) in [5.74, 6) is -3.22. The molecular weight excluding hydrogens is 347 g/mol. The first-order valence-electron chi connectivity index (χ1n) is 6.77. The number of carbonyl (C=O) groups excluding carboxylic acids is 1. The van der Waals surface area contributed by atoms with E-state index in [-0.39, 0.29) is 31.4 Å². The van der Waals surface area contributed by atoms with Crippen molar-refractivity contribution < 1.29 is 13.6 Å². The summed E-state index contributed by atoms with van der Waals surface area (Å²) in [5, 5.41) is 7.19. The number of rotatable bonds is 3. The molecule has 126 valence electrons. The number of halogens is 4. The Morgan fingerprint density at radius 2 is 2.04 bits per heavy atom. The second kappa shape index (κ2) is 7.86. The molecule has 1 fully saturated rings. The molecule has 1 saturated heterocycles. The van der Waals surface area contributed by atoms with Gasteiger partial charge in [-0.15, -0.1) is 24.8 Å². The summed E-state index contributed by atoms with van der Waals surface area (Å²) in [6, 6.07) is 8.76. The summed E-state index contributed by atoms with van der Waals surface area (Å²) >= 11 is 0. The predicted octanol–water partition coefficient (Wildman–Crippen LogP) is 2.69. The Hall–Kier alpha value is -1.50. The van der Waals surface area contributed by atoms with Crippen molar-refractivity contribution in [3.63, 3.8) is 0 Å². The Kier molecular flexibility index (Phi) is 6.68. The number of nitrogens with zero attached hydrogens (tertiary/aromatic N) is 1.